The van der Waals surface area contributed by atoms with Crippen LogP contribution in [0.3, 0.4) is 0 Å². The number of halogens is 1. The topological polar surface area (TPSA) is 70.5 Å². The number of rotatable bonds is 6. The third-order valence-corrected chi connectivity index (χ3v) is 4.99. The molecule has 148 valence electrons. The summed E-state index contributed by atoms with van der Waals surface area (Å²) in [5, 5.41) is 3.13. The van der Waals surface area contributed by atoms with Crippen molar-refractivity contribution < 1.29 is 9.18 Å². The van der Waals surface area contributed by atoms with Crippen LogP contribution < -0.4 is 5.56 Å². The van der Waals surface area contributed by atoms with Gasteiger partial charge in [-0.05, 0) is 44.9 Å². The van der Waals surface area contributed by atoms with Gasteiger partial charge in [0.25, 0.3) is 11.5 Å². The lowest BCUT2D eigenvalue weighted by molar-refractivity contribution is 0.0740. The lowest BCUT2D eigenvalue weighted by Gasteiger charge is -2.22. The minimum atomic E-state index is -0.441. The Bertz CT molecular complexity index is 1080. The van der Waals surface area contributed by atoms with Crippen molar-refractivity contribution in [1.82, 2.24) is 19.5 Å². The first-order valence-electron chi connectivity index (χ1n) is 9.51. The highest BCUT2D eigenvalue weighted by Gasteiger charge is 2.21. The number of carbonyl (C=O) groups excluding carboxylic acids is 1. The number of aromatic nitrogens is 3. The van der Waals surface area contributed by atoms with Crippen LogP contribution >= 0.6 is 0 Å². The molecule has 2 aromatic heterocycles. The molecule has 0 atom stereocenters. The number of benzene rings is 1. The van der Waals surface area contributed by atoms with Crippen molar-refractivity contribution in [2.24, 2.45) is 0 Å². The fourth-order valence-electron chi connectivity index (χ4n) is 3.37. The minimum absolute atomic E-state index is 0.137. The molecule has 1 N–H and O–H groups in total. The molecule has 0 aliphatic rings. The normalized spacial score (nSPS) is 11.2. The minimum Gasteiger partial charge on any atom is -0.333 e. The van der Waals surface area contributed by atoms with Crippen LogP contribution in [0.2, 0.25) is 0 Å². The molecule has 0 saturated heterocycles. The van der Waals surface area contributed by atoms with E-state index in [1.807, 2.05) is 20.8 Å². The van der Waals surface area contributed by atoms with Gasteiger partial charge in [-0.25, -0.2) is 13.9 Å². The fourth-order valence-corrected chi connectivity index (χ4v) is 3.37. The predicted octanol–water partition coefficient (Wildman–Crippen LogP) is 3.39. The third-order valence-electron chi connectivity index (χ3n) is 4.99. The van der Waals surface area contributed by atoms with E-state index in [1.165, 1.54) is 22.7 Å². The van der Waals surface area contributed by atoms with Gasteiger partial charge in [0.2, 0.25) is 0 Å². The van der Waals surface area contributed by atoms with E-state index in [0.717, 1.165) is 17.7 Å². The molecule has 0 bridgehead atoms. The SMILES string of the molecule is CCCN(Cc1[nH]n2c(=O)c(C)c(C)nc2c1CC)C(=O)c1cccc(F)c1. The number of nitrogens with zero attached hydrogens (tertiary/aromatic N) is 3. The Kier molecular flexibility index (Phi) is 5.63. The predicted molar refractivity (Wildman–Crippen MR) is 106 cm³/mol. The van der Waals surface area contributed by atoms with Crippen LogP contribution in [0, 0.1) is 19.7 Å². The van der Waals surface area contributed by atoms with E-state index in [2.05, 4.69) is 10.1 Å². The maximum absolute atomic E-state index is 13.6. The van der Waals surface area contributed by atoms with E-state index in [-0.39, 0.29) is 11.5 Å². The van der Waals surface area contributed by atoms with Crippen molar-refractivity contribution in [3.63, 3.8) is 0 Å². The lowest BCUT2D eigenvalue weighted by Crippen LogP contribution is -2.32. The first-order chi connectivity index (χ1) is 13.4. The molecule has 6 nitrogen and oxygen atoms in total. The Morgan fingerprint density at radius 2 is 2.04 bits per heavy atom. The molecule has 3 aromatic rings. The van der Waals surface area contributed by atoms with Crippen LogP contribution in [0.4, 0.5) is 4.39 Å². The lowest BCUT2D eigenvalue weighted by atomic mass is 10.1. The molecule has 0 aliphatic heterocycles. The standard InChI is InChI=1S/C21H25FN4O2/c1-5-10-25(21(28)15-8-7-9-16(22)11-15)12-18-17(6-2)19-23-14(4)13(3)20(27)26(19)24-18/h7-9,11,24H,5-6,10,12H2,1-4H3. The zero-order chi connectivity index (χ0) is 20.4. The summed E-state index contributed by atoms with van der Waals surface area (Å²) in [5.74, 6) is -0.682. The van der Waals surface area contributed by atoms with E-state index in [0.29, 0.717) is 42.0 Å². The fraction of sp³-hybridized carbons (Fsp3) is 0.381. The van der Waals surface area contributed by atoms with E-state index >= 15 is 0 Å². The smallest absolute Gasteiger partial charge is 0.275 e. The highest BCUT2D eigenvalue weighted by atomic mass is 19.1. The highest BCUT2D eigenvalue weighted by molar-refractivity contribution is 5.94. The van der Waals surface area contributed by atoms with Crippen LogP contribution in [0.1, 0.15) is 53.1 Å². The second kappa shape index (κ2) is 7.96. The van der Waals surface area contributed by atoms with Gasteiger partial charge >= 0.3 is 0 Å². The van der Waals surface area contributed by atoms with E-state index in [9.17, 15) is 14.0 Å². The van der Waals surface area contributed by atoms with Crippen LogP contribution in [-0.4, -0.2) is 31.9 Å². The number of aromatic amines is 1. The van der Waals surface area contributed by atoms with Gasteiger partial charge in [0, 0.05) is 28.9 Å². The van der Waals surface area contributed by atoms with Gasteiger partial charge in [-0.15, -0.1) is 0 Å². The van der Waals surface area contributed by atoms with Crippen molar-refractivity contribution in [2.45, 2.75) is 47.1 Å². The summed E-state index contributed by atoms with van der Waals surface area (Å²) >= 11 is 0. The summed E-state index contributed by atoms with van der Waals surface area (Å²) in [6.45, 7) is 8.37. The largest absolute Gasteiger partial charge is 0.333 e. The van der Waals surface area contributed by atoms with Crippen LogP contribution in [0.5, 0.6) is 0 Å². The molecular formula is C21H25FN4O2. The van der Waals surface area contributed by atoms with Crippen molar-refractivity contribution >= 4 is 11.6 Å². The second-order valence-electron chi connectivity index (χ2n) is 6.95. The maximum atomic E-state index is 13.6. The molecule has 0 radical (unpaired) electrons. The number of carbonyl (C=O) groups is 1. The van der Waals surface area contributed by atoms with Gasteiger partial charge in [0.05, 0.1) is 12.2 Å². The summed E-state index contributed by atoms with van der Waals surface area (Å²) in [5.41, 5.74) is 3.75. The molecule has 0 fully saturated rings. The highest BCUT2D eigenvalue weighted by Crippen LogP contribution is 2.18. The summed E-state index contributed by atoms with van der Waals surface area (Å²) in [4.78, 5) is 31.8. The van der Waals surface area contributed by atoms with E-state index in [4.69, 9.17) is 0 Å². The molecule has 0 unspecified atom stereocenters. The summed E-state index contributed by atoms with van der Waals surface area (Å²) in [6.07, 6.45) is 1.44. The quantitative estimate of drug-likeness (QED) is 0.708. The van der Waals surface area contributed by atoms with Gasteiger partial charge in [-0.2, -0.15) is 0 Å². The van der Waals surface area contributed by atoms with Crippen LogP contribution in [-0.2, 0) is 13.0 Å². The monoisotopic (exact) mass is 384 g/mol. The Balaban J connectivity index is 2.04. The average molecular weight is 384 g/mol. The summed E-state index contributed by atoms with van der Waals surface area (Å²) in [7, 11) is 0. The number of H-pyrrole nitrogens is 1. The number of amides is 1. The Morgan fingerprint density at radius 3 is 2.68 bits per heavy atom. The Hall–Kier alpha value is -2.96. The number of nitrogens with one attached hydrogen (secondary N) is 1. The summed E-state index contributed by atoms with van der Waals surface area (Å²) in [6, 6.07) is 5.70. The number of fused-ring (bicyclic) bond motifs is 1. The van der Waals surface area contributed by atoms with Crippen molar-refractivity contribution in [3.8, 4) is 0 Å². The molecule has 2 heterocycles. The number of hydrogen-bond acceptors (Lipinski definition) is 3. The average Bonchev–Trinajstić information content (AvgIpc) is 3.02. The van der Waals surface area contributed by atoms with E-state index < -0.39 is 5.82 Å². The van der Waals surface area contributed by atoms with Crippen LogP contribution in [0.25, 0.3) is 5.65 Å². The number of aryl methyl sites for hydroxylation is 2. The molecule has 0 aliphatic carbocycles. The first kappa shape index (κ1) is 19.8. The Labute approximate surface area is 163 Å². The van der Waals surface area contributed by atoms with Crippen molar-refractivity contribution in [3.05, 3.63) is 68.5 Å². The molecule has 3 rings (SSSR count). The van der Waals surface area contributed by atoms with Gasteiger partial charge in [0.1, 0.15) is 5.82 Å². The molecular weight excluding hydrogens is 359 g/mol. The molecule has 28 heavy (non-hydrogen) atoms. The van der Waals surface area contributed by atoms with E-state index in [1.54, 1.807) is 17.9 Å². The molecule has 0 saturated carbocycles. The van der Waals surface area contributed by atoms with Crippen molar-refractivity contribution in [2.75, 3.05) is 6.54 Å². The maximum Gasteiger partial charge on any atom is 0.275 e. The second-order valence-corrected chi connectivity index (χ2v) is 6.95. The van der Waals surface area contributed by atoms with Crippen LogP contribution in [0.15, 0.2) is 29.1 Å². The van der Waals surface area contributed by atoms with Gasteiger partial charge in [0.15, 0.2) is 5.65 Å². The van der Waals surface area contributed by atoms with Gasteiger partial charge in [-0.3, -0.25) is 14.7 Å². The third kappa shape index (κ3) is 3.56. The Morgan fingerprint density at radius 1 is 1.29 bits per heavy atom. The molecule has 7 heteroatoms. The molecule has 0 spiro atoms. The first-order valence-corrected chi connectivity index (χ1v) is 9.51. The summed E-state index contributed by atoms with van der Waals surface area (Å²) < 4.78 is 15.0. The molecule has 1 amide bonds. The number of hydrogen-bond donors (Lipinski definition) is 1. The zero-order valence-corrected chi connectivity index (χ0v) is 16.7. The molecule has 1 aromatic carbocycles. The van der Waals surface area contributed by atoms with Gasteiger partial charge in [-0.1, -0.05) is 19.9 Å². The zero-order valence-electron chi connectivity index (χ0n) is 16.7. The van der Waals surface area contributed by atoms with Crippen molar-refractivity contribution in [1.29, 1.82) is 0 Å². The van der Waals surface area contributed by atoms with Gasteiger partial charge < -0.3 is 4.90 Å².